The lowest BCUT2D eigenvalue weighted by atomic mass is 10.00. The fraction of sp³-hybridized carbons (Fsp3) is 0.583. The maximum atomic E-state index is 12.6. The Morgan fingerprint density at radius 2 is 2.00 bits per heavy atom. The summed E-state index contributed by atoms with van der Waals surface area (Å²) in [6, 6.07) is 0. The highest BCUT2D eigenvalue weighted by molar-refractivity contribution is 9.09. The van der Waals surface area contributed by atoms with Gasteiger partial charge >= 0.3 is 6.18 Å². The maximum Gasteiger partial charge on any atom is 0.425 e. The third kappa shape index (κ3) is 3.01. The van der Waals surface area contributed by atoms with E-state index < -0.39 is 12.3 Å². The summed E-state index contributed by atoms with van der Waals surface area (Å²) in [6.07, 6.45) is -3.03. The average Bonchev–Trinajstić information content (AvgIpc) is 2.69. The summed E-state index contributed by atoms with van der Waals surface area (Å²) < 4.78 is 42.7. The standard InChI is InChI=1S/C12H15BrF3N3O/c1-6(2)8-4-5-9(20-7(3)12(14,15)16)19-10(8)17-11(13)18-19/h4-7,11,18H,1-3H3/t7-,11?/m0/s1. The van der Waals surface area contributed by atoms with Gasteiger partial charge in [-0.15, -0.1) is 0 Å². The van der Waals surface area contributed by atoms with Crippen LogP contribution in [0.25, 0.3) is 0 Å². The predicted octanol–water partition coefficient (Wildman–Crippen LogP) is 3.29. The van der Waals surface area contributed by atoms with E-state index in [1.165, 1.54) is 11.1 Å². The van der Waals surface area contributed by atoms with Gasteiger partial charge in [-0.3, -0.25) is 0 Å². The molecule has 0 saturated carbocycles. The second-order valence-corrected chi connectivity index (χ2v) is 5.70. The maximum absolute atomic E-state index is 12.6. The summed E-state index contributed by atoms with van der Waals surface area (Å²) in [6.45, 7) is 4.96. The van der Waals surface area contributed by atoms with E-state index in [-0.39, 0.29) is 16.9 Å². The molecule has 0 radical (unpaired) electrons. The minimum absolute atomic E-state index is 0.0833. The minimum atomic E-state index is -4.41. The number of fused-ring (bicyclic) bond motifs is 1. The van der Waals surface area contributed by atoms with E-state index in [2.05, 4.69) is 26.3 Å². The number of hydrazine groups is 1. The largest absolute Gasteiger partial charge is 0.465 e. The molecule has 8 heteroatoms. The smallest absolute Gasteiger partial charge is 0.425 e. The Labute approximate surface area is 123 Å². The van der Waals surface area contributed by atoms with Crippen LogP contribution in [-0.2, 0) is 4.74 Å². The molecule has 0 saturated heterocycles. The summed E-state index contributed by atoms with van der Waals surface area (Å²) in [5, 5.41) is 1.06. The van der Waals surface area contributed by atoms with E-state index in [4.69, 9.17) is 4.74 Å². The second-order valence-electron chi connectivity index (χ2n) is 4.84. The summed E-state index contributed by atoms with van der Waals surface area (Å²) in [7, 11) is 0. The fourth-order valence-corrected chi connectivity index (χ4v) is 2.23. The van der Waals surface area contributed by atoms with Crippen molar-refractivity contribution in [1.29, 1.82) is 0 Å². The molecular weight excluding hydrogens is 339 g/mol. The lowest BCUT2D eigenvalue weighted by molar-refractivity contribution is -0.208. The van der Waals surface area contributed by atoms with Gasteiger partial charge < -0.3 is 4.74 Å². The van der Waals surface area contributed by atoms with Crippen molar-refractivity contribution in [2.24, 2.45) is 10.9 Å². The fourth-order valence-electron chi connectivity index (χ4n) is 1.83. The van der Waals surface area contributed by atoms with E-state index in [1.54, 1.807) is 6.08 Å². The Morgan fingerprint density at radius 1 is 1.35 bits per heavy atom. The van der Waals surface area contributed by atoms with Gasteiger partial charge in [-0.2, -0.15) is 18.6 Å². The number of alkyl halides is 4. The summed E-state index contributed by atoms with van der Waals surface area (Å²) in [5.41, 5.74) is 3.83. The highest BCUT2D eigenvalue weighted by Gasteiger charge is 2.41. The number of aliphatic imine (C=N–C) groups is 1. The molecule has 0 bridgehead atoms. The number of allylic oxidation sites excluding steroid dienone is 2. The zero-order valence-electron chi connectivity index (χ0n) is 11.2. The van der Waals surface area contributed by atoms with E-state index in [1.807, 2.05) is 13.8 Å². The molecule has 0 fully saturated rings. The van der Waals surface area contributed by atoms with Gasteiger partial charge in [-0.25, -0.2) is 10.0 Å². The minimum Gasteiger partial charge on any atom is -0.465 e. The number of hydrogen-bond donors (Lipinski definition) is 1. The molecule has 0 aromatic rings. The molecule has 0 aromatic carbocycles. The van der Waals surface area contributed by atoms with Gasteiger partial charge in [-0.05, 0) is 40.4 Å². The molecule has 20 heavy (non-hydrogen) atoms. The summed E-state index contributed by atoms with van der Waals surface area (Å²) in [5.74, 6) is 0.863. The molecule has 0 amide bonds. The number of nitrogens with zero attached hydrogens (tertiary/aromatic N) is 2. The van der Waals surface area contributed by atoms with Gasteiger partial charge in [0.2, 0.25) is 5.88 Å². The third-order valence-corrected chi connectivity index (χ3v) is 3.36. The average molecular weight is 354 g/mol. The lowest BCUT2D eigenvalue weighted by Crippen LogP contribution is -2.43. The Kier molecular flexibility index (Phi) is 4.15. The van der Waals surface area contributed by atoms with Crippen molar-refractivity contribution >= 4 is 21.8 Å². The summed E-state index contributed by atoms with van der Waals surface area (Å²) in [4.78, 5) is 4.31. The first-order valence-corrected chi connectivity index (χ1v) is 7.05. The molecule has 0 spiro atoms. The Balaban J connectivity index is 2.25. The van der Waals surface area contributed by atoms with Gasteiger partial charge in [0.25, 0.3) is 0 Å². The van der Waals surface area contributed by atoms with Crippen LogP contribution in [0.5, 0.6) is 0 Å². The quantitative estimate of drug-likeness (QED) is 0.624. The monoisotopic (exact) mass is 353 g/mol. The van der Waals surface area contributed by atoms with Gasteiger partial charge in [0, 0.05) is 6.08 Å². The highest BCUT2D eigenvalue weighted by Crippen LogP contribution is 2.30. The van der Waals surface area contributed by atoms with Crippen LogP contribution in [0.3, 0.4) is 0 Å². The number of nitrogens with one attached hydrogen (secondary N) is 1. The normalized spacial score (nSPS) is 24.1. The molecule has 0 aromatic heterocycles. The first-order chi connectivity index (χ1) is 9.20. The van der Waals surface area contributed by atoms with Crippen LogP contribution in [0, 0.1) is 5.92 Å². The molecule has 2 aliphatic heterocycles. The van der Waals surface area contributed by atoms with Crippen molar-refractivity contribution in [2.45, 2.75) is 38.1 Å². The zero-order chi connectivity index (χ0) is 15.1. The van der Waals surface area contributed by atoms with Crippen LogP contribution >= 0.6 is 15.9 Å². The number of ether oxygens (including phenoxy) is 1. The molecule has 1 unspecified atom stereocenters. The zero-order valence-corrected chi connectivity index (χ0v) is 12.8. The molecule has 1 N–H and O–H groups in total. The molecule has 112 valence electrons. The second kappa shape index (κ2) is 5.40. The number of rotatable bonds is 3. The van der Waals surface area contributed by atoms with Gasteiger partial charge in [0.15, 0.2) is 17.0 Å². The molecule has 2 rings (SSSR count). The number of amidine groups is 1. The Bertz CT molecular complexity index is 485. The van der Waals surface area contributed by atoms with Crippen LogP contribution in [-0.4, -0.2) is 28.2 Å². The van der Waals surface area contributed by atoms with Gasteiger partial charge in [0.05, 0.1) is 0 Å². The van der Waals surface area contributed by atoms with Crippen LogP contribution in [0.2, 0.25) is 0 Å². The van der Waals surface area contributed by atoms with Gasteiger partial charge in [-0.1, -0.05) is 13.8 Å². The van der Waals surface area contributed by atoms with Crippen LogP contribution in [0.15, 0.2) is 28.6 Å². The first kappa shape index (κ1) is 15.4. The molecule has 2 aliphatic rings. The van der Waals surface area contributed by atoms with Crippen LogP contribution in [0.4, 0.5) is 13.2 Å². The Morgan fingerprint density at radius 3 is 2.55 bits per heavy atom. The van der Waals surface area contributed by atoms with Crippen molar-refractivity contribution in [3.8, 4) is 0 Å². The number of hydrogen-bond acceptors (Lipinski definition) is 4. The van der Waals surface area contributed by atoms with E-state index in [0.29, 0.717) is 5.84 Å². The van der Waals surface area contributed by atoms with E-state index in [9.17, 15) is 13.2 Å². The van der Waals surface area contributed by atoms with Gasteiger partial charge in [0.1, 0.15) is 0 Å². The molecule has 4 nitrogen and oxygen atoms in total. The van der Waals surface area contributed by atoms with Crippen LogP contribution < -0.4 is 5.43 Å². The van der Waals surface area contributed by atoms with Crippen molar-refractivity contribution in [3.63, 3.8) is 0 Å². The topological polar surface area (TPSA) is 36.9 Å². The third-order valence-electron chi connectivity index (χ3n) is 2.95. The summed E-state index contributed by atoms with van der Waals surface area (Å²) >= 11 is 3.27. The molecular formula is C12H15BrF3N3O. The highest BCUT2D eigenvalue weighted by atomic mass is 79.9. The van der Waals surface area contributed by atoms with Crippen molar-refractivity contribution in [3.05, 3.63) is 23.6 Å². The first-order valence-electron chi connectivity index (χ1n) is 6.14. The predicted molar refractivity (Wildman–Crippen MR) is 72.7 cm³/mol. The number of halogens is 4. The van der Waals surface area contributed by atoms with Crippen molar-refractivity contribution in [2.75, 3.05) is 0 Å². The SMILES string of the molecule is CC(C)C1=CC=C(O[C@@H](C)C(F)(F)F)N2NC(Br)N=C12. The molecule has 2 atom stereocenters. The van der Waals surface area contributed by atoms with Crippen molar-refractivity contribution < 1.29 is 17.9 Å². The Hall–Kier alpha value is -1.02. The van der Waals surface area contributed by atoms with E-state index >= 15 is 0 Å². The lowest BCUT2D eigenvalue weighted by Gasteiger charge is -2.30. The molecule has 2 heterocycles. The van der Waals surface area contributed by atoms with Crippen molar-refractivity contribution in [1.82, 2.24) is 10.4 Å². The van der Waals surface area contributed by atoms with E-state index in [0.717, 1.165) is 12.5 Å². The van der Waals surface area contributed by atoms with Crippen LogP contribution in [0.1, 0.15) is 20.8 Å². The molecule has 0 aliphatic carbocycles.